The second-order valence-electron chi connectivity index (χ2n) is 3.72. The Labute approximate surface area is 91.7 Å². The van der Waals surface area contributed by atoms with E-state index in [2.05, 4.69) is 0 Å². The molecule has 0 fully saturated rings. The number of carbonyl (C=O) groups excluding carboxylic acids is 2. The Morgan fingerprint density at radius 2 is 1.50 bits per heavy atom. The zero-order valence-corrected chi connectivity index (χ0v) is 8.34. The first kappa shape index (κ1) is 9.09. The van der Waals surface area contributed by atoms with Crippen LogP contribution in [0.1, 0.15) is 32.4 Å². The number of benzene rings is 1. The molecular formula is C13H8O3. The lowest BCUT2D eigenvalue weighted by molar-refractivity contribution is 0.0878. The number of rotatable bonds is 1. The molecule has 16 heavy (non-hydrogen) atoms. The SMILES string of the molecule is O=C1c2ccccc2C(=O)C1c1ccco1. The quantitative estimate of drug-likeness (QED) is 0.682. The third kappa shape index (κ3) is 1.08. The normalized spacial score (nSPS) is 15.5. The molecule has 1 heterocycles. The molecule has 0 saturated heterocycles. The van der Waals surface area contributed by atoms with Crippen LogP contribution in [0.15, 0.2) is 47.1 Å². The molecule has 78 valence electrons. The molecule has 0 atom stereocenters. The predicted molar refractivity (Wildman–Crippen MR) is 56.6 cm³/mol. The van der Waals surface area contributed by atoms with Gasteiger partial charge in [0.05, 0.1) is 6.26 Å². The molecule has 0 bridgehead atoms. The summed E-state index contributed by atoms with van der Waals surface area (Å²) in [5.41, 5.74) is 0.989. The lowest BCUT2D eigenvalue weighted by Crippen LogP contribution is -2.11. The van der Waals surface area contributed by atoms with Crippen LogP contribution < -0.4 is 0 Å². The van der Waals surface area contributed by atoms with Crippen LogP contribution in [0.5, 0.6) is 0 Å². The van der Waals surface area contributed by atoms with Gasteiger partial charge in [-0.2, -0.15) is 0 Å². The molecule has 0 aliphatic heterocycles. The molecule has 0 radical (unpaired) electrons. The van der Waals surface area contributed by atoms with Crippen molar-refractivity contribution in [2.75, 3.05) is 0 Å². The lowest BCUT2D eigenvalue weighted by atomic mass is 10.0. The first-order chi connectivity index (χ1) is 7.79. The highest BCUT2D eigenvalue weighted by molar-refractivity contribution is 6.29. The van der Waals surface area contributed by atoms with Crippen molar-refractivity contribution in [3.8, 4) is 0 Å². The molecule has 1 aromatic carbocycles. The van der Waals surface area contributed by atoms with Gasteiger partial charge in [-0.15, -0.1) is 0 Å². The summed E-state index contributed by atoms with van der Waals surface area (Å²) >= 11 is 0. The number of ketones is 2. The Morgan fingerprint density at radius 3 is 2.00 bits per heavy atom. The van der Waals surface area contributed by atoms with Gasteiger partial charge in [0.1, 0.15) is 11.7 Å². The van der Waals surface area contributed by atoms with Crippen molar-refractivity contribution in [1.82, 2.24) is 0 Å². The van der Waals surface area contributed by atoms with Gasteiger partial charge in [-0.25, -0.2) is 0 Å². The number of hydrogen-bond donors (Lipinski definition) is 0. The second kappa shape index (κ2) is 3.17. The van der Waals surface area contributed by atoms with Gasteiger partial charge in [-0.1, -0.05) is 24.3 Å². The first-order valence-corrected chi connectivity index (χ1v) is 5.00. The highest BCUT2D eigenvalue weighted by atomic mass is 16.3. The van der Waals surface area contributed by atoms with Gasteiger partial charge in [0.2, 0.25) is 0 Å². The summed E-state index contributed by atoms with van der Waals surface area (Å²) in [4.78, 5) is 24.0. The van der Waals surface area contributed by atoms with E-state index in [9.17, 15) is 9.59 Å². The van der Waals surface area contributed by atoms with E-state index in [1.165, 1.54) is 6.26 Å². The molecule has 1 aliphatic carbocycles. The third-order valence-electron chi connectivity index (χ3n) is 2.81. The van der Waals surface area contributed by atoms with Gasteiger partial charge in [0, 0.05) is 11.1 Å². The van der Waals surface area contributed by atoms with Crippen molar-refractivity contribution in [2.24, 2.45) is 0 Å². The van der Waals surface area contributed by atoms with E-state index < -0.39 is 5.92 Å². The average molecular weight is 212 g/mol. The summed E-state index contributed by atoms with van der Waals surface area (Å²) in [6.07, 6.45) is 1.47. The van der Waals surface area contributed by atoms with E-state index in [1.54, 1.807) is 36.4 Å². The van der Waals surface area contributed by atoms with Crippen molar-refractivity contribution in [3.63, 3.8) is 0 Å². The van der Waals surface area contributed by atoms with Crippen molar-refractivity contribution < 1.29 is 14.0 Å². The van der Waals surface area contributed by atoms with Gasteiger partial charge >= 0.3 is 0 Å². The summed E-state index contributed by atoms with van der Waals surface area (Å²) in [5, 5.41) is 0. The van der Waals surface area contributed by atoms with Gasteiger partial charge in [-0.3, -0.25) is 9.59 Å². The van der Waals surface area contributed by atoms with Gasteiger partial charge in [0.15, 0.2) is 11.6 Å². The van der Waals surface area contributed by atoms with Crippen LogP contribution in [0.3, 0.4) is 0 Å². The maximum atomic E-state index is 12.0. The minimum atomic E-state index is -0.785. The van der Waals surface area contributed by atoms with E-state index in [4.69, 9.17) is 4.42 Å². The molecule has 0 amide bonds. The summed E-state index contributed by atoms with van der Waals surface area (Å²) in [7, 11) is 0. The molecule has 1 aromatic heterocycles. The van der Waals surface area contributed by atoms with Crippen LogP contribution in [0.25, 0.3) is 0 Å². The van der Waals surface area contributed by atoms with Crippen LogP contribution >= 0.6 is 0 Å². The first-order valence-electron chi connectivity index (χ1n) is 5.00. The zero-order chi connectivity index (χ0) is 11.1. The van der Waals surface area contributed by atoms with Crippen molar-refractivity contribution in [3.05, 3.63) is 59.5 Å². The van der Waals surface area contributed by atoms with Crippen molar-refractivity contribution in [2.45, 2.75) is 5.92 Å². The Hall–Kier alpha value is -2.16. The topological polar surface area (TPSA) is 47.3 Å². The Kier molecular flexibility index (Phi) is 1.80. The van der Waals surface area contributed by atoms with Crippen molar-refractivity contribution in [1.29, 1.82) is 0 Å². The molecule has 3 rings (SSSR count). The number of furan rings is 1. The maximum absolute atomic E-state index is 12.0. The highest BCUT2D eigenvalue weighted by Gasteiger charge is 2.40. The molecule has 3 nitrogen and oxygen atoms in total. The van der Waals surface area contributed by atoms with Crippen LogP contribution in [0.4, 0.5) is 0 Å². The maximum Gasteiger partial charge on any atom is 0.182 e. The fourth-order valence-electron chi connectivity index (χ4n) is 2.06. The van der Waals surface area contributed by atoms with Gasteiger partial charge in [0.25, 0.3) is 0 Å². The van der Waals surface area contributed by atoms with E-state index in [-0.39, 0.29) is 11.6 Å². The molecular weight excluding hydrogens is 204 g/mol. The summed E-state index contributed by atoms with van der Waals surface area (Å²) in [6.45, 7) is 0. The fraction of sp³-hybridized carbons (Fsp3) is 0.0769. The van der Waals surface area contributed by atoms with Gasteiger partial charge in [-0.05, 0) is 12.1 Å². The average Bonchev–Trinajstić information content (AvgIpc) is 2.89. The molecule has 0 spiro atoms. The summed E-state index contributed by atoms with van der Waals surface area (Å²) < 4.78 is 5.15. The lowest BCUT2D eigenvalue weighted by Gasteiger charge is -2.01. The highest BCUT2D eigenvalue weighted by Crippen LogP contribution is 2.33. The molecule has 0 N–H and O–H groups in total. The van der Waals surface area contributed by atoms with Crippen LogP contribution in [0, 0.1) is 0 Å². The minimum absolute atomic E-state index is 0.171. The summed E-state index contributed by atoms with van der Waals surface area (Å²) in [6, 6.07) is 10.2. The number of carbonyl (C=O) groups is 2. The predicted octanol–water partition coefficient (Wildman–Crippen LogP) is 2.44. The fourth-order valence-corrected chi connectivity index (χ4v) is 2.06. The molecule has 0 unspecified atom stereocenters. The van der Waals surface area contributed by atoms with E-state index >= 15 is 0 Å². The standard InChI is InChI=1S/C13H8O3/c14-12-8-4-1-2-5-9(8)13(15)11(12)10-6-3-7-16-10/h1-7,11H. The van der Waals surface area contributed by atoms with Crippen LogP contribution in [-0.4, -0.2) is 11.6 Å². The van der Waals surface area contributed by atoms with Crippen LogP contribution in [0.2, 0.25) is 0 Å². The molecule has 0 saturated carbocycles. The Balaban J connectivity index is 2.15. The van der Waals surface area contributed by atoms with Gasteiger partial charge < -0.3 is 4.42 Å². The smallest absolute Gasteiger partial charge is 0.182 e. The largest absolute Gasteiger partial charge is 0.468 e. The zero-order valence-electron chi connectivity index (χ0n) is 8.34. The number of Topliss-reactive ketones (excluding diaryl/α,β-unsaturated/α-hetero) is 2. The summed E-state index contributed by atoms with van der Waals surface area (Å²) in [5.74, 6) is -0.704. The van der Waals surface area contributed by atoms with E-state index in [0.717, 1.165) is 0 Å². The molecule has 2 aromatic rings. The molecule has 1 aliphatic rings. The van der Waals surface area contributed by atoms with Crippen molar-refractivity contribution >= 4 is 11.6 Å². The number of hydrogen-bond acceptors (Lipinski definition) is 3. The third-order valence-corrected chi connectivity index (χ3v) is 2.81. The minimum Gasteiger partial charge on any atom is -0.468 e. The Bertz CT molecular complexity index is 532. The monoisotopic (exact) mass is 212 g/mol. The number of fused-ring (bicyclic) bond motifs is 1. The Morgan fingerprint density at radius 1 is 0.875 bits per heavy atom. The van der Waals surface area contributed by atoms with E-state index in [0.29, 0.717) is 16.9 Å². The van der Waals surface area contributed by atoms with E-state index in [1.807, 2.05) is 0 Å². The second-order valence-corrected chi connectivity index (χ2v) is 3.72. The van der Waals surface area contributed by atoms with Crippen LogP contribution in [-0.2, 0) is 0 Å². The molecule has 3 heteroatoms.